The van der Waals surface area contributed by atoms with Gasteiger partial charge < -0.3 is 5.32 Å². The summed E-state index contributed by atoms with van der Waals surface area (Å²) in [6.07, 6.45) is 1.74. The first-order valence-electron chi connectivity index (χ1n) is 6.44. The zero-order valence-electron chi connectivity index (χ0n) is 11.3. The predicted octanol–water partition coefficient (Wildman–Crippen LogP) is 5.25. The fraction of sp³-hybridized carbons (Fsp3) is 0.0625. The van der Waals surface area contributed by atoms with E-state index in [-0.39, 0.29) is 0 Å². The summed E-state index contributed by atoms with van der Waals surface area (Å²) in [6, 6.07) is 16.2. The maximum absolute atomic E-state index is 6.39. The Bertz CT molecular complexity index is 749. The van der Waals surface area contributed by atoms with E-state index in [1.165, 1.54) is 0 Å². The van der Waals surface area contributed by atoms with Crippen LogP contribution in [0.4, 0.5) is 11.5 Å². The van der Waals surface area contributed by atoms with E-state index in [1.54, 1.807) is 10.9 Å². The lowest BCUT2D eigenvalue weighted by molar-refractivity contribution is 0.776. The molecule has 3 rings (SSSR count). The molecule has 0 saturated carbocycles. The first-order valence-corrected chi connectivity index (χ1v) is 7.62. The van der Waals surface area contributed by atoms with E-state index < -0.39 is 0 Å². The summed E-state index contributed by atoms with van der Waals surface area (Å²) in [5, 5.41) is 8.13. The predicted molar refractivity (Wildman–Crippen MR) is 91.1 cm³/mol. The van der Waals surface area contributed by atoms with Crippen LogP contribution in [-0.4, -0.2) is 9.78 Å². The molecule has 3 nitrogen and oxygen atoms in total. The molecular formula is C16H13BrClN3. The van der Waals surface area contributed by atoms with Crippen LogP contribution in [0.1, 0.15) is 0 Å². The molecule has 2 aromatic carbocycles. The number of hydrogen-bond donors (Lipinski definition) is 1. The SMILES string of the molecule is Cn1ncc(Br)c1Nc1ccc(-c2ccccc2)cc1Cl. The Balaban J connectivity index is 1.92. The number of nitrogens with zero attached hydrogens (tertiary/aromatic N) is 2. The van der Waals surface area contributed by atoms with Crippen LogP contribution >= 0.6 is 27.5 Å². The number of nitrogens with one attached hydrogen (secondary N) is 1. The Hall–Kier alpha value is -1.78. The van der Waals surface area contributed by atoms with Crippen molar-refractivity contribution in [3.05, 3.63) is 64.2 Å². The average Bonchev–Trinajstić information content (AvgIpc) is 2.82. The molecule has 0 aliphatic carbocycles. The highest BCUT2D eigenvalue weighted by atomic mass is 79.9. The maximum atomic E-state index is 6.39. The number of aromatic nitrogens is 2. The molecule has 3 aromatic rings. The summed E-state index contributed by atoms with van der Waals surface area (Å²) < 4.78 is 2.65. The molecule has 1 aromatic heterocycles. The molecule has 0 atom stereocenters. The van der Waals surface area contributed by atoms with Gasteiger partial charge in [-0.2, -0.15) is 5.10 Å². The van der Waals surface area contributed by atoms with Crippen LogP contribution in [0.25, 0.3) is 11.1 Å². The summed E-state index contributed by atoms with van der Waals surface area (Å²) in [6.45, 7) is 0. The molecule has 0 saturated heterocycles. The van der Waals surface area contributed by atoms with Gasteiger partial charge in [-0.05, 0) is 39.2 Å². The molecule has 0 fully saturated rings. The van der Waals surface area contributed by atoms with E-state index in [4.69, 9.17) is 11.6 Å². The Labute approximate surface area is 136 Å². The van der Waals surface area contributed by atoms with Crippen molar-refractivity contribution in [2.45, 2.75) is 0 Å². The normalized spacial score (nSPS) is 10.6. The van der Waals surface area contributed by atoms with E-state index in [0.717, 1.165) is 27.1 Å². The van der Waals surface area contributed by atoms with Gasteiger partial charge in [0.2, 0.25) is 0 Å². The number of rotatable bonds is 3. The molecule has 0 unspecified atom stereocenters. The molecule has 5 heteroatoms. The van der Waals surface area contributed by atoms with Crippen LogP contribution in [0.5, 0.6) is 0 Å². The third-order valence-electron chi connectivity index (χ3n) is 3.22. The van der Waals surface area contributed by atoms with Gasteiger partial charge in [-0.25, -0.2) is 0 Å². The number of aryl methyl sites for hydroxylation is 1. The smallest absolute Gasteiger partial charge is 0.142 e. The second-order valence-corrected chi connectivity index (χ2v) is 5.91. The van der Waals surface area contributed by atoms with Crippen molar-refractivity contribution in [1.82, 2.24) is 9.78 Å². The number of halogens is 2. The number of anilines is 2. The fourth-order valence-corrected chi connectivity index (χ4v) is 2.78. The average molecular weight is 363 g/mol. The molecular weight excluding hydrogens is 350 g/mol. The first-order chi connectivity index (χ1) is 10.1. The lowest BCUT2D eigenvalue weighted by Gasteiger charge is -2.11. The van der Waals surface area contributed by atoms with Gasteiger partial charge in [-0.15, -0.1) is 0 Å². The van der Waals surface area contributed by atoms with Crippen molar-refractivity contribution in [3.63, 3.8) is 0 Å². The Morgan fingerprint density at radius 3 is 2.48 bits per heavy atom. The molecule has 0 aliphatic rings. The first kappa shape index (κ1) is 14.2. The quantitative estimate of drug-likeness (QED) is 0.690. The zero-order valence-corrected chi connectivity index (χ0v) is 13.7. The summed E-state index contributed by atoms with van der Waals surface area (Å²) in [7, 11) is 1.87. The molecule has 0 spiro atoms. The van der Waals surface area contributed by atoms with Crippen LogP contribution in [0.3, 0.4) is 0 Å². The van der Waals surface area contributed by atoms with Gasteiger partial charge in [0.1, 0.15) is 5.82 Å². The summed E-state index contributed by atoms with van der Waals surface area (Å²) in [4.78, 5) is 0. The monoisotopic (exact) mass is 361 g/mol. The Morgan fingerprint density at radius 2 is 1.86 bits per heavy atom. The van der Waals surface area contributed by atoms with Gasteiger partial charge in [0, 0.05) is 7.05 Å². The van der Waals surface area contributed by atoms with E-state index >= 15 is 0 Å². The highest BCUT2D eigenvalue weighted by Gasteiger charge is 2.09. The number of benzene rings is 2. The third-order valence-corrected chi connectivity index (χ3v) is 4.12. The van der Waals surface area contributed by atoms with Gasteiger partial charge in [-0.1, -0.05) is 48.0 Å². The summed E-state index contributed by atoms with van der Waals surface area (Å²) in [5.74, 6) is 0.865. The van der Waals surface area contributed by atoms with Crippen LogP contribution in [0.15, 0.2) is 59.2 Å². The van der Waals surface area contributed by atoms with Crippen LogP contribution in [0.2, 0.25) is 5.02 Å². The van der Waals surface area contributed by atoms with Crippen molar-refractivity contribution < 1.29 is 0 Å². The molecule has 0 aliphatic heterocycles. The van der Waals surface area contributed by atoms with Crippen LogP contribution in [0, 0.1) is 0 Å². The van der Waals surface area contributed by atoms with Gasteiger partial charge >= 0.3 is 0 Å². The van der Waals surface area contributed by atoms with Gasteiger partial charge in [-0.3, -0.25) is 4.68 Å². The molecule has 1 heterocycles. The van der Waals surface area contributed by atoms with Crippen LogP contribution in [-0.2, 0) is 7.05 Å². The van der Waals surface area contributed by atoms with Gasteiger partial charge in [0.25, 0.3) is 0 Å². The third kappa shape index (κ3) is 2.96. The largest absolute Gasteiger partial charge is 0.338 e. The minimum absolute atomic E-state index is 0.671. The van der Waals surface area contributed by atoms with Gasteiger partial charge in [0.05, 0.1) is 21.4 Å². The van der Waals surface area contributed by atoms with E-state index in [0.29, 0.717) is 5.02 Å². The minimum Gasteiger partial charge on any atom is -0.338 e. The van der Waals surface area contributed by atoms with Crippen LogP contribution < -0.4 is 5.32 Å². The molecule has 106 valence electrons. The van der Waals surface area contributed by atoms with Crippen molar-refractivity contribution in [3.8, 4) is 11.1 Å². The van der Waals surface area contributed by atoms with Crippen molar-refractivity contribution >= 4 is 39.0 Å². The van der Waals surface area contributed by atoms with Gasteiger partial charge in [0.15, 0.2) is 0 Å². The van der Waals surface area contributed by atoms with Crippen molar-refractivity contribution in [1.29, 1.82) is 0 Å². The fourth-order valence-electron chi connectivity index (χ4n) is 2.11. The summed E-state index contributed by atoms with van der Waals surface area (Å²) >= 11 is 9.85. The highest BCUT2D eigenvalue weighted by molar-refractivity contribution is 9.10. The highest BCUT2D eigenvalue weighted by Crippen LogP contribution is 2.32. The number of hydrogen-bond acceptors (Lipinski definition) is 2. The maximum Gasteiger partial charge on any atom is 0.142 e. The Morgan fingerprint density at radius 1 is 1.10 bits per heavy atom. The van der Waals surface area contributed by atoms with E-state index in [1.807, 2.05) is 43.4 Å². The molecule has 0 bridgehead atoms. The lowest BCUT2D eigenvalue weighted by Crippen LogP contribution is -2.00. The topological polar surface area (TPSA) is 29.9 Å². The molecule has 21 heavy (non-hydrogen) atoms. The Kier molecular flexibility index (Phi) is 3.99. The summed E-state index contributed by atoms with van der Waals surface area (Å²) in [5.41, 5.74) is 3.09. The standard InChI is InChI=1S/C16H13BrClN3/c1-21-16(13(17)10-19-21)20-15-8-7-12(9-14(15)18)11-5-3-2-4-6-11/h2-10,20H,1H3. The molecule has 1 N–H and O–H groups in total. The van der Waals surface area contributed by atoms with Crippen molar-refractivity contribution in [2.75, 3.05) is 5.32 Å². The molecule has 0 radical (unpaired) electrons. The second-order valence-electron chi connectivity index (χ2n) is 4.65. The van der Waals surface area contributed by atoms with E-state index in [9.17, 15) is 0 Å². The van der Waals surface area contributed by atoms with E-state index in [2.05, 4.69) is 38.5 Å². The second kappa shape index (κ2) is 5.92. The minimum atomic E-state index is 0.671. The zero-order chi connectivity index (χ0) is 14.8. The lowest BCUT2D eigenvalue weighted by atomic mass is 10.1. The van der Waals surface area contributed by atoms with Crippen molar-refractivity contribution in [2.24, 2.45) is 7.05 Å². The molecule has 0 amide bonds.